The van der Waals surface area contributed by atoms with E-state index in [4.69, 9.17) is 5.73 Å². The van der Waals surface area contributed by atoms with Crippen molar-refractivity contribution in [1.82, 2.24) is 5.32 Å². The summed E-state index contributed by atoms with van der Waals surface area (Å²) in [7, 11) is 0. The quantitative estimate of drug-likeness (QED) is 0.539. The van der Waals surface area contributed by atoms with Crippen molar-refractivity contribution < 1.29 is 9.59 Å². The molecule has 0 aromatic heterocycles. The van der Waals surface area contributed by atoms with Gasteiger partial charge < -0.3 is 11.1 Å². The van der Waals surface area contributed by atoms with Crippen molar-refractivity contribution in [2.75, 3.05) is 0 Å². The number of nitrogens with two attached hydrogens (primary N) is 1. The topological polar surface area (TPSA) is 72.2 Å². The predicted octanol–water partition coefficient (Wildman–Crippen LogP) is 3.78. The van der Waals surface area contributed by atoms with Gasteiger partial charge in [-0.25, -0.2) is 0 Å². The molecule has 3 aromatic carbocycles. The van der Waals surface area contributed by atoms with Crippen LogP contribution in [0.3, 0.4) is 0 Å². The highest BCUT2D eigenvalue weighted by Gasteiger charge is 2.19. The van der Waals surface area contributed by atoms with Gasteiger partial charge in [-0.15, -0.1) is 0 Å². The van der Waals surface area contributed by atoms with Crippen LogP contribution in [0.25, 0.3) is 11.1 Å². The van der Waals surface area contributed by atoms with E-state index in [9.17, 15) is 9.59 Å². The van der Waals surface area contributed by atoms with Gasteiger partial charge in [-0.05, 0) is 63.5 Å². The molecule has 0 fully saturated rings. The molecule has 0 aliphatic heterocycles. The van der Waals surface area contributed by atoms with Crippen molar-refractivity contribution in [1.29, 1.82) is 0 Å². The summed E-state index contributed by atoms with van der Waals surface area (Å²) in [6.07, 6.45) is 0.361. The van der Waals surface area contributed by atoms with Gasteiger partial charge in [0.25, 0.3) is 5.91 Å². The third-order valence-electron chi connectivity index (χ3n) is 4.23. The molecule has 1 atom stereocenters. The van der Waals surface area contributed by atoms with Crippen LogP contribution in [0.5, 0.6) is 0 Å². The summed E-state index contributed by atoms with van der Waals surface area (Å²) in [6.45, 7) is 0. The molecule has 0 spiro atoms. The van der Waals surface area contributed by atoms with Crippen molar-refractivity contribution in [2.24, 2.45) is 5.73 Å². The fourth-order valence-electron chi connectivity index (χ4n) is 2.81. The second-order valence-corrected chi connectivity index (χ2v) is 7.45. The van der Waals surface area contributed by atoms with E-state index >= 15 is 0 Å². The second kappa shape index (κ2) is 8.81. The molecule has 0 heterocycles. The van der Waals surface area contributed by atoms with E-state index in [1.165, 1.54) is 0 Å². The molecule has 0 saturated carbocycles. The molecule has 0 bridgehead atoms. The Morgan fingerprint density at radius 1 is 0.889 bits per heavy atom. The maximum Gasteiger partial charge on any atom is 0.251 e. The monoisotopic (exact) mass is 470 g/mol. The molecule has 5 heteroatoms. The Kier molecular flexibility index (Phi) is 6.24. The van der Waals surface area contributed by atoms with Crippen LogP contribution in [0.15, 0.2) is 78.9 Å². The fourth-order valence-corrected chi connectivity index (χ4v) is 3.42. The first-order valence-corrected chi connectivity index (χ1v) is 9.61. The lowest BCUT2D eigenvalue weighted by molar-refractivity contribution is -0.119. The smallest absolute Gasteiger partial charge is 0.251 e. The summed E-state index contributed by atoms with van der Waals surface area (Å²) in [5.74, 6) is -0.868. The predicted molar refractivity (Wildman–Crippen MR) is 115 cm³/mol. The maximum absolute atomic E-state index is 12.5. The van der Waals surface area contributed by atoms with Crippen LogP contribution < -0.4 is 11.1 Å². The molecule has 3 aromatic rings. The molecular weight excluding hydrogens is 451 g/mol. The van der Waals surface area contributed by atoms with Gasteiger partial charge in [-0.3, -0.25) is 9.59 Å². The number of carbonyl (C=O) groups excluding carboxylic acids is 2. The first-order chi connectivity index (χ1) is 13.0. The number of primary amides is 1. The van der Waals surface area contributed by atoms with E-state index in [-0.39, 0.29) is 5.91 Å². The summed E-state index contributed by atoms with van der Waals surface area (Å²) in [5, 5.41) is 2.74. The molecule has 0 aliphatic rings. The first-order valence-electron chi connectivity index (χ1n) is 8.53. The van der Waals surface area contributed by atoms with Crippen LogP contribution in [0.1, 0.15) is 15.9 Å². The number of carbonyl (C=O) groups is 2. The molecular formula is C22H19IN2O2. The maximum atomic E-state index is 12.5. The van der Waals surface area contributed by atoms with Crippen molar-refractivity contribution in [3.63, 3.8) is 0 Å². The molecule has 3 N–H and O–H groups in total. The van der Waals surface area contributed by atoms with E-state index < -0.39 is 11.9 Å². The fraction of sp³-hybridized carbons (Fsp3) is 0.0909. The number of benzene rings is 3. The Bertz CT molecular complexity index is 940. The van der Waals surface area contributed by atoms with Gasteiger partial charge in [-0.2, -0.15) is 0 Å². The minimum absolute atomic E-state index is 0.316. The zero-order valence-electron chi connectivity index (χ0n) is 14.6. The van der Waals surface area contributed by atoms with Gasteiger partial charge in [0.2, 0.25) is 5.91 Å². The molecule has 136 valence electrons. The van der Waals surface area contributed by atoms with Crippen LogP contribution in [-0.2, 0) is 11.2 Å². The van der Waals surface area contributed by atoms with E-state index in [0.29, 0.717) is 12.0 Å². The minimum Gasteiger partial charge on any atom is -0.368 e. The molecule has 0 aliphatic carbocycles. The van der Waals surface area contributed by atoms with Crippen molar-refractivity contribution in [3.8, 4) is 11.1 Å². The third kappa shape index (κ3) is 5.17. The van der Waals surface area contributed by atoms with Crippen LogP contribution in [0.4, 0.5) is 0 Å². The summed E-state index contributed by atoms with van der Waals surface area (Å²) in [5.41, 5.74) is 9.04. The van der Waals surface area contributed by atoms with Gasteiger partial charge in [0.05, 0.1) is 0 Å². The van der Waals surface area contributed by atoms with Gasteiger partial charge in [0.1, 0.15) is 6.04 Å². The van der Waals surface area contributed by atoms with Crippen LogP contribution in [0, 0.1) is 3.57 Å². The normalized spacial score (nSPS) is 11.6. The van der Waals surface area contributed by atoms with Gasteiger partial charge in [0.15, 0.2) is 0 Å². The van der Waals surface area contributed by atoms with Crippen LogP contribution in [-0.4, -0.2) is 17.9 Å². The molecule has 0 unspecified atom stereocenters. The lowest BCUT2D eigenvalue weighted by atomic mass is 10.0. The average molecular weight is 470 g/mol. The number of hydrogen-bond donors (Lipinski definition) is 2. The zero-order chi connectivity index (χ0) is 19.2. The number of rotatable bonds is 6. The third-order valence-corrected chi connectivity index (χ3v) is 4.90. The highest BCUT2D eigenvalue weighted by molar-refractivity contribution is 14.1. The van der Waals surface area contributed by atoms with Crippen LogP contribution >= 0.6 is 22.6 Å². The number of hydrogen-bond acceptors (Lipinski definition) is 2. The van der Waals surface area contributed by atoms with E-state index in [1.807, 2.05) is 66.7 Å². The molecule has 3 rings (SSSR count). The van der Waals surface area contributed by atoms with Gasteiger partial charge in [0, 0.05) is 15.6 Å². The SMILES string of the molecule is NC(=O)[C@H](Cc1cccc(I)c1)NC(=O)c1ccc(-c2ccccc2)cc1. The summed E-state index contributed by atoms with van der Waals surface area (Å²) < 4.78 is 1.07. The Balaban J connectivity index is 1.71. The molecule has 27 heavy (non-hydrogen) atoms. The zero-order valence-corrected chi connectivity index (χ0v) is 16.7. The molecule has 0 radical (unpaired) electrons. The van der Waals surface area contributed by atoms with E-state index in [2.05, 4.69) is 27.9 Å². The first kappa shape index (κ1) is 19.1. The summed E-state index contributed by atoms with van der Waals surface area (Å²) >= 11 is 2.21. The number of nitrogens with one attached hydrogen (secondary N) is 1. The number of amides is 2. The molecule has 4 nitrogen and oxygen atoms in total. The molecule has 2 amide bonds. The van der Waals surface area contributed by atoms with Gasteiger partial charge in [-0.1, -0.05) is 54.6 Å². The lowest BCUT2D eigenvalue weighted by Crippen LogP contribution is -2.45. The Morgan fingerprint density at radius 3 is 2.19 bits per heavy atom. The number of halogens is 1. The largest absolute Gasteiger partial charge is 0.368 e. The minimum atomic E-state index is -0.760. The lowest BCUT2D eigenvalue weighted by Gasteiger charge is -2.16. The van der Waals surface area contributed by atoms with E-state index in [0.717, 1.165) is 20.3 Å². The Hall–Kier alpha value is -2.67. The summed E-state index contributed by atoms with van der Waals surface area (Å²) in [6, 6.07) is 24.2. The van der Waals surface area contributed by atoms with Crippen LogP contribution in [0.2, 0.25) is 0 Å². The second-order valence-electron chi connectivity index (χ2n) is 6.21. The summed E-state index contributed by atoms with van der Waals surface area (Å²) in [4.78, 5) is 24.3. The Labute approximate surface area is 171 Å². The highest BCUT2D eigenvalue weighted by Crippen LogP contribution is 2.19. The standard InChI is InChI=1S/C22H19IN2O2/c23-19-8-4-5-15(13-19)14-20(21(24)26)25-22(27)18-11-9-17(10-12-18)16-6-2-1-3-7-16/h1-13,20H,14H2,(H2,24,26)(H,25,27)/t20-/m0/s1. The van der Waals surface area contributed by atoms with Crippen molar-refractivity contribution in [2.45, 2.75) is 12.5 Å². The van der Waals surface area contributed by atoms with Crippen molar-refractivity contribution >= 4 is 34.4 Å². The van der Waals surface area contributed by atoms with Gasteiger partial charge >= 0.3 is 0 Å². The average Bonchev–Trinajstić information content (AvgIpc) is 2.68. The van der Waals surface area contributed by atoms with Crippen molar-refractivity contribution in [3.05, 3.63) is 93.6 Å². The molecule has 0 saturated heterocycles. The Morgan fingerprint density at radius 2 is 1.56 bits per heavy atom. The van der Waals surface area contributed by atoms with E-state index in [1.54, 1.807) is 12.1 Å². The highest BCUT2D eigenvalue weighted by atomic mass is 127.